The van der Waals surface area contributed by atoms with Crippen molar-refractivity contribution in [1.82, 2.24) is 9.80 Å². The van der Waals surface area contributed by atoms with Crippen molar-refractivity contribution in [3.8, 4) is 0 Å². The Hall–Kier alpha value is 0.608. The van der Waals surface area contributed by atoms with Gasteiger partial charge in [-0.25, -0.2) is 0 Å². The monoisotopic (exact) mass is 354 g/mol. The molecule has 0 aliphatic carbocycles. The molecule has 0 radical (unpaired) electrons. The average molecular weight is 354 g/mol. The Kier molecular flexibility index (Phi) is 8.61. The van der Waals surface area contributed by atoms with E-state index in [1.54, 1.807) is 6.92 Å². The Bertz CT molecular complexity index is 130. The fraction of sp³-hybridized carbons (Fsp3) is 0.800. The van der Waals surface area contributed by atoms with Crippen molar-refractivity contribution in [1.29, 1.82) is 0 Å². The van der Waals surface area contributed by atoms with Crippen molar-refractivity contribution in [2.24, 2.45) is 5.92 Å². The van der Waals surface area contributed by atoms with E-state index in [2.05, 4.69) is 30.8 Å². The van der Waals surface area contributed by atoms with Crippen LogP contribution in [0, 0.1) is 19.9 Å². The van der Waals surface area contributed by atoms with E-state index in [-0.39, 0.29) is 28.5 Å². The van der Waals surface area contributed by atoms with Crippen LogP contribution in [0.3, 0.4) is 0 Å². The van der Waals surface area contributed by atoms with Gasteiger partial charge in [-0.05, 0) is 26.1 Å². The number of nitrogens with zero attached hydrogens (tertiary/aromatic N) is 2. The zero-order valence-corrected chi connectivity index (χ0v) is 10.9. The van der Waals surface area contributed by atoms with Crippen LogP contribution in [0.2, 0.25) is 0 Å². The second-order valence-corrected chi connectivity index (χ2v) is 3.30. The van der Waals surface area contributed by atoms with Crippen molar-refractivity contribution in [3.63, 3.8) is 0 Å². The molecule has 0 N–H and O–H groups in total. The summed E-state index contributed by atoms with van der Waals surface area (Å²) in [5, 5.41) is 0. The quantitative estimate of drug-likeness (QED) is 0.609. The van der Waals surface area contributed by atoms with Crippen LogP contribution in [0.15, 0.2) is 0 Å². The molecule has 0 unspecified atom stereocenters. The van der Waals surface area contributed by atoms with Gasteiger partial charge in [-0.2, -0.15) is 6.92 Å². The van der Waals surface area contributed by atoms with Gasteiger partial charge < -0.3 is 16.7 Å². The van der Waals surface area contributed by atoms with Crippen molar-refractivity contribution in [2.75, 3.05) is 26.7 Å². The minimum Gasteiger partial charge on any atom is -0.458 e. The molecule has 0 aromatic carbocycles. The molecular weight excluding hydrogens is 332 g/mol. The number of hydrogen-bond donors (Lipinski definition) is 0. The molecule has 2 fully saturated rings. The van der Waals surface area contributed by atoms with Gasteiger partial charge in [-0.15, -0.1) is 0 Å². The predicted octanol–water partition coefficient (Wildman–Crippen LogP) is 1.50. The second-order valence-electron chi connectivity index (χ2n) is 3.30. The Morgan fingerprint density at radius 2 is 1.69 bits per heavy atom. The molecule has 2 nitrogen and oxygen atoms in total. The van der Waals surface area contributed by atoms with Crippen LogP contribution in [0.1, 0.15) is 14.4 Å². The fourth-order valence-corrected chi connectivity index (χ4v) is 1.99. The summed E-state index contributed by atoms with van der Waals surface area (Å²) < 4.78 is 0. The smallest absolute Gasteiger partial charge is 0.458 e. The van der Waals surface area contributed by atoms with E-state index < -0.39 is 0 Å². The van der Waals surface area contributed by atoms with Crippen LogP contribution >= 0.6 is 0 Å². The largest absolute Gasteiger partial charge is 2.00 e. The fourth-order valence-electron chi connectivity index (χ4n) is 1.99. The third-order valence-corrected chi connectivity index (χ3v) is 2.57. The summed E-state index contributed by atoms with van der Waals surface area (Å²) in [6, 6.07) is 0.836. The molecule has 0 saturated carbocycles. The van der Waals surface area contributed by atoms with Gasteiger partial charge in [0.2, 0.25) is 0 Å². The number of rotatable bonds is 0. The molecule has 0 aromatic rings. The average Bonchev–Trinajstić information content (AvgIpc) is 2.31. The van der Waals surface area contributed by atoms with Gasteiger partial charge in [0.25, 0.3) is 0 Å². The zero-order valence-electron chi connectivity index (χ0n) is 7.99. The summed E-state index contributed by atoms with van der Waals surface area (Å²) in [6.07, 6.45) is 0. The first-order valence-electron chi connectivity index (χ1n) is 4.24. The molecule has 2 aliphatic heterocycles. The molecular formula is C10H22N2W. The van der Waals surface area contributed by atoms with Crippen LogP contribution in [0.4, 0.5) is 0 Å². The summed E-state index contributed by atoms with van der Waals surface area (Å²) in [6.45, 7) is 8.69. The number of hydrogen-bond acceptors (Lipinski definition) is 2. The van der Waals surface area contributed by atoms with Crippen molar-refractivity contribution < 1.29 is 21.1 Å². The zero-order chi connectivity index (χ0) is 8.43. The van der Waals surface area contributed by atoms with E-state index in [4.69, 9.17) is 0 Å². The Labute approximate surface area is 97.9 Å². The van der Waals surface area contributed by atoms with E-state index in [9.17, 15) is 0 Å². The van der Waals surface area contributed by atoms with Gasteiger partial charge in [-0.3, -0.25) is 7.05 Å². The number of fused-ring (bicyclic) bond motifs is 1. The van der Waals surface area contributed by atoms with Gasteiger partial charge in [-0.1, -0.05) is 7.43 Å². The maximum absolute atomic E-state index is 3.92. The van der Waals surface area contributed by atoms with Crippen LogP contribution in [-0.2, 0) is 21.1 Å². The summed E-state index contributed by atoms with van der Waals surface area (Å²) in [4.78, 5) is 4.59. The third-order valence-electron chi connectivity index (χ3n) is 2.57. The molecule has 2 atom stereocenters. The summed E-state index contributed by atoms with van der Waals surface area (Å²) in [5.74, 6) is 0.937. The maximum Gasteiger partial charge on any atom is 2.00 e. The second kappa shape index (κ2) is 6.97. The van der Waals surface area contributed by atoms with E-state index in [0.29, 0.717) is 0 Å². The van der Waals surface area contributed by atoms with E-state index in [1.165, 1.54) is 19.6 Å². The Morgan fingerprint density at radius 1 is 1.15 bits per heavy atom. The molecule has 2 rings (SSSR count). The minimum absolute atomic E-state index is 0. The number of likely N-dealkylation sites (tertiary alicyclic amines) is 2. The van der Waals surface area contributed by atoms with Crippen molar-refractivity contribution >= 4 is 0 Å². The molecule has 2 heterocycles. The SMILES string of the molecule is C.[CH2-]C.[CH2-]N1C[C@H]2CN(C)[C@H]2C1.[W+2]. The first kappa shape index (κ1) is 16.1. The summed E-state index contributed by atoms with van der Waals surface area (Å²) >= 11 is 0. The van der Waals surface area contributed by atoms with Crippen LogP contribution in [-0.4, -0.2) is 42.5 Å². The molecule has 2 aliphatic rings. The molecule has 13 heavy (non-hydrogen) atoms. The standard InChI is InChI=1S/C7H13N2.C2H5.CH4.W/c1-8-3-6-4-9(2)7(6)5-8;1-2;;/h6-7H,1,3-5H2,2H3;1H2,2H3;1H4;/q2*-1;;+2/t6-,7-;;;/m0.../s1. The van der Waals surface area contributed by atoms with Crippen molar-refractivity contribution in [2.45, 2.75) is 20.4 Å². The number of likely N-dealkylation sites (N-methyl/N-ethyl adjacent to an activating group) is 1. The Balaban J connectivity index is 0. The normalized spacial score (nSPS) is 31.4. The summed E-state index contributed by atoms with van der Waals surface area (Å²) in [5.41, 5.74) is 0. The van der Waals surface area contributed by atoms with E-state index in [0.717, 1.165) is 12.0 Å². The molecule has 0 aromatic heterocycles. The van der Waals surface area contributed by atoms with Crippen LogP contribution in [0.5, 0.6) is 0 Å². The van der Waals surface area contributed by atoms with Gasteiger partial charge in [0.05, 0.1) is 0 Å². The van der Waals surface area contributed by atoms with Gasteiger partial charge in [0.15, 0.2) is 0 Å². The van der Waals surface area contributed by atoms with Crippen molar-refractivity contribution in [3.05, 3.63) is 14.0 Å². The van der Waals surface area contributed by atoms with Crippen LogP contribution in [0.25, 0.3) is 0 Å². The van der Waals surface area contributed by atoms with E-state index >= 15 is 0 Å². The molecule has 78 valence electrons. The minimum atomic E-state index is 0. The molecule has 3 heteroatoms. The van der Waals surface area contributed by atoms with Gasteiger partial charge >= 0.3 is 21.1 Å². The predicted molar refractivity (Wildman–Crippen MR) is 54.6 cm³/mol. The topological polar surface area (TPSA) is 6.48 Å². The van der Waals surface area contributed by atoms with Gasteiger partial charge in [0, 0.05) is 12.6 Å². The molecule has 0 bridgehead atoms. The first-order valence-corrected chi connectivity index (χ1v) is 4.24. The molecule has 0 amide bonds. The van der Waals surface area contributed by atoms with E-state index in [1.807, 2.05) is 0 Å². The third kappa shape index (κ3) is 3.34. The maximum atomic E-state index is 3.92. The summed E-state index contributed by atoms with van der Waals surface area (Å²) in [7, 11) is 6.11. The first-order chi connectivity index (χ1) is 5.27. The molecule has 2 saturated heterocycles. The Morgan fingerprint density at radius 3 is 2.00 bits per heavy atom. The molecule has 0 spiro atoms. The van der Waals surface area contributed by atoms with Crippen LogP contribution < -0.4 is 0 Å². The van der Waals surface area contributed by atoms with Gasteiger partial charge in [0.1, 0.15) is 0 Å².